The molecular weight excluding hydrogens is 333 g/mol. The third kappa shape index (κ3) is 6.18. The standard InChI is InChI=1S/C11H23N3S.HI/c1-10-5-3-7-14(9-10)11(12)13-6-4-8-15-2;/h10H,3-9H2,1-2H3,(H2,12,13);1H. The van der Waals surface area contributed by atoms with Crippen LogP contribution in [0.2, 0.25) is 0 Å². The van der Waals surface area contributed by atoms with Crippen molar-refractivity contribution in [1.29, 1.82) is 0 Å². The summed E-state index contributed by atoms with van der Waals surface area (Å²) in [5.41, 5.74) is 5.96. The number of rotatable bonds is 4. The fourth-order valence-electron chi connectivity index (χ4n) is 1.90. The number of nitrogens with zero attached hydrogens (tertiary/aromatic N) is 2. The van der Waals surface area contributed by atoms with Crippen LogP contribution in [0.5, 0.6) is 0 Å². The minimum Gasteiger partial charge on any atom is -0.370 e. The normalized spacial score (nSPS) is 21.8. The first-order valence-corrected chi connectivity index (χ1v) is 7.17. The third-order valence-corrected chi connectivity index (χ3v) is 3.46. The molecule has 0 bridgehead atoms. The summed E-state index contributed by atoms with van der Waals surface area (Å²) in [6, 6.07) is 0. The lowest BCUT2D eigenvalue weighted by Gasteiger charge is -2.31. The first-order valence-electron chi connectivity index (χ1n) is 5.78. The number of aliphatic imine (C=N–C) groups is 1. The topological polar surface area (TPSA) is 41.6 Å². The Hall–Kier alpha value is 0.350. The maximum absolute atomic E-state index is 5.96. The SMILES string of the molecule is CSCCCN=C(N)N1CCCC(C)C1.I. The molecule has 0 aromatic heterocycles. The van der Waals surface area contributed by atoms with E-state index >= 15 is 0 Å². The van der Waals surface area contributed by atoms with Gasteiger partial charge in [0.25, 0.3) is 0 Å². The first-order chi connectivity index (χ1) is 7.24. The van der Waals surface area contributed by atoms with Crippen LogP contribution in [0.3, 0.4) is 0 Å². The van der Waals surface area contributed by atoms with Gasteiger partial charge in [0.15, 0.2) is 5.96 Å². The molecule has 16 heavy (non-hydrogen) atoms. The molecule has 1 atom stereocenters. The van der Waals surface area contributed by atoms with Gasteiger partial charge in [0.05, 0.1) is 0 Å². The van der Waals surface area contributed by atoms with Crippen molar-refractivity contribution >= 4 is 41.7 Å². The van der Waals surface area contributed by atoms with Gasteiger partial charge in [0, 0.05) is 19.6 Å². The van der Waals surface area contributed by atoms with E-state index in [1.165, 1.54) is 18.6 Å². The van der Waals surface area contributed by atoms with Crippen LogP contribution in [-0.4, -0.2) is 42.5 Å². The molecule has 0 aliphatic carbocycles. The number of likely N-dealkylation sites (tertiary alicyclic amines) is 1. The summed E-state index contributed by atoms with van der Waals surface area (Å²) < 4.78 is 0. The lowest BCUT2D eigenvalue weighted by molar-refractivity contribution is 0.270. The van der Waals surface area contributed by atoms with Crippen LogP contribution >= 0.6 is 35.7 Å². The molecule has 1 heterocycles. The molecule has 3 nitrogen and oxygen atoms in total. The summed E-state index contributed by atoms with van der Waals surface area (Å²) in [5, 5.41) is 0. The van der Waals surface area contributed by atoms with Crippen molar-refractivity contribution < 1.29 is 0 Å². The van der Waals surface area contributed by atoms with Crippen molar-refractivity contribution in [3.05, 3.63) is 0 Å². The summed E-state index contributed by atoms with van der Waals surface area (Å²) in [4.78, 5) is 6.66. The summed E-state index contributed by atoms with van der Waals surface area (Å²) in [5.74, 6) is 2.69. The van der Waals surface area contributed by atoms with Gasteiger partial charge >= 0.3 is 0 Å². The van der Waals surface area contributed by atoms with E-state index in [1.807, 2.05) is 11.8 Å². The maximum atomic E-state index is 5.96. The minimum atomic E-state index is 0. The quantitative estimate of drug-likeness (QED) is 0.364. The van der Waals surface area contributed by atoms with Crippen molar-refractivity contribution in [2.75, 3.05) is 31.6 Å². The van der Waals surface area contributed by atoms with Gasteiger partial charge in [0.1, 0.15) is 0 Å². The predicted molar refractivity (Wildman–Crippen MR) is 84.9 cm³/mol. The lowest BCUT2D eigenvalue weighted by atomic mass is 10.0. The number of hydrogen-bond donors (Lipinski definition) is 1. The molecular formula is C11H24IN3S. The van der Waals surface area contributed by atoms with E-state index in [0.29, 0.717) is 0 Å². The predicted octanol–water partition coefficient (Wildman–Crippen LogP) is 2.40. The molecule has 1 saturated heterocycles. The highest BCUT2D eigenvalue weighted by molar-refractivity contribution is 14.0. The Bertz CT molecular complexity index is 211. The Balaban J connectivity index is 0.00000225. The Morgan fingerprint density at radius 3 is 2.94 bits per heavy atom. The highest BCUT2D eigenvalue weighted by atomic mass is 127. The fourth-order valence-corrected chi connectivity index (χ4v) is 2.32. The van der Waals surface area contributed by atoms with Crippen LogP contribution in [0.25, 0.3) is 0 Å². The van der Waals surface area contributed by atoms with E-state index in [1.54, 1.807) is 0 Å². The van der Waals surface area contributed by atoms with E-state index in [9.17, 15) is 0 Å². The van der Waals surface area contributed by atoms with Gasteiger partial charge in [-0.15, -0.1) is 24.0 Å². The van der Waals surface area contributed by atoms with Gasteiger partial charge < -0.3 is 10.6 Å². The van der Waals surface area contributed by atoms with Crippen molar-refractivity contribution in [2.24, 2.45) is 16.6 Å². The Kier molecular flexibility index (Phi) is 9.59. The zero-order chi connectivity index (χ0) is 11.1. The molecule has 0 aromatic rings. The van der Waals surface area contributed by atoms with Crippen LogP contribution in [0.15, 0.2) is 4.99 Å². The van der Waals surface area contributed by atoms with E-state index in [-0.39, 0.29) is 24.0 Å². The molecule has 1 unspecified atom stereocenters. The molecule has 5 heteroatoms. The highest BCUT2D eigenvalue weighted by Crippen LogP contribution is 2.14. The molecule has 0 amide bonds. The number of thioether (sulfide) groups is 1. The lowest BCUT2D eigenvalue weighted by Crippen LogP contribution is -2.43. The minimum absolute atomic E-state index is 0. The van der Waals surface area contributed by atoms with Gasteiger partial charge in [0.2, 0.25) is 0 Å². The first kappa shape index (κ1) is 16.4. The smallest absolute Gasteiger partial charge is 0.191 e. The second kappa shape index (κ2) is 9.39. The van der Waals surface area contributed by atoms with Gasteiger partial charge in [-0.2, -0.15) is 11.8 Å². The number of hydrogen-bond acceptors (Lipinski definition) is 2. The molecule has 1 rings (SSSR count). The van der Waals surface area contributed by atoms with E-state index in [0.717, 1.165) is 37.9 Å². The molecule has 0 saturated carbocycles. The number of nitrogens with two attached hydrogens (primary N) is 1. The average Bonchev–Trinajstić information content (AvgIpc) is 2.24. The Morgan fingerprint density at radius 2 is 2.31 bits per heavy atom. The molecule has 1 aliphatic rings. The van der Waals surface area contributed by atoms with Crippen LogP contribution < -0.4 is 5.73 Å². The molecule has 96 valence electrons. The van der Waals surface area contributed by atoms with Crippen molar-refractivity contribution in [1.82, 2.24) is 4.90 Å². The molecule has 1 fully saturated rings. The summed E-state index contributed by atoms with van der Waals surface area (Å²) in [7, 11) is 0. The van der Waals surface area contributed by atoms with Crippen molar-refractivity contribution in [3.8, 4) is 0 Å². The monoisotopic (exact) mass is 357 g/mol. The van der Waals surface area contributed by atoms with E-state index in [2.05, 4.69) is 23.1 Å². The summed E-state index contributed by atoms with van der Waals surface area (Å²) in [6.07, 6.45) is 5.84. The van der Waals surface area contributed by atoms with Crippen LogP contribution in [0.4, 0.5) is 0 Å². The van der Waals surface area contributed by atoms with E-state index in [4.69, 9.17) is 5.73 Å². The maximum Gasteiger partial charge on any atom is 0.191 e. The van der Waals surface area contributed by atoms with E-state index < -0.39 is 0 Å². The second-order valence-electron chi connectivity index (χ2n) is 4.28. The zero-order valence-electron chi connectivity index (χ0n) is 10.3. The van der Waals surface area contributed by atoms with Crippen LogP contribution in [-0.2, 0) is 0 Å². The summed E-state index contributed by atoms with van der Waals surface area (Å²) in [6.45, 7) is 5.32. The zero-order valence-corrected chi connectivity index (χ0v) is 13.5. The highest BCUT2D eigenvalue weighted by Gasteiger charge is 2.17. The van der Waals surface area contributed by atoms with Gasteiger partial charge in [-0.3, -0.25) is 4.99 Å². The van der Waals surface area contributed by atoms with Crippen molar-refractivity contribution in [2.45, 2.75) is 26.2 Å². The fraction of sp³-hybridized carbons (Fsp3) is 0.909. The number of piperidine rings is 1. The largest absolute Gasteiger partial charge is 0.370 e. The Labute approximate surface area is 121 Å². The molecule has 1 aliphatic heterocycles. The van der Waals surface area contributed by atoms with Gasteiger partial charge in [-0.25, -0.2) is 0 Å². The van der Waals surface area contributed by atoms with Crippen LogP contribution in [0.1, 0.15) is 26.2 Å². The second-order valence-corrected chi connectivity index (χ2v) is 5.27. The third-order valence-electron chi connectivity index (χ3n) is 2.76. The molecule has 2 N–H and O–H groups in total. The molecule has 0 aromatic carbocycles. The van der Waals surface area contributed by atoms with Crippen LogP contribution in [0, 0.1) is 5.92 Å². The molecule has 0 spiro atoms. The van der Waals surface area contributed by atoms with Gasteiger partial charge in [-0.05, 0) is 37.2 Å². The average molecular weight is 357 g/mol. The number of halogens is 1. The summed E-state index contributed by atoms with van der Waals surface area (Å²) >= 11 is 1.87. The number of guanidine groups is 1. The molecule has 0 radical (unpaired) electrons. The van der Waals surface area contributed by atoms with Gasteiger partial charge in [-0.1, -0.05) is 6.92 Å². The van der Waals surface area contributed by atoms with Crippen molar-refractivity contribution in [3.63, 3.8) is 0 Å². The Morgan fingerprint density at radius 1 is 1.56 bits per heavy atom.